The minimum Gasteiger partial charge on any atom is -0.454 e. The van der Waals surface area contributed by atoms with E-state index in [1.165, 1.54) is 0 Å². The summed E-state index contributed by atoms with van der Waals surface area (Å²) in [5.41, 5.74) is 8.33. The molecular weight excluding hydrogens is 328 g/mol. The van der Waals surface area contributed by atoms with E-state index < -0.39 is 0 Å². The molecule has 0 fully saturated rings. The minimum absolute atomic E-state index is 0.122. The largest absolute Gasteiger partial charge is 0.454 e. The molecule has 5 rings (SSSR count). The summed E-state index contributed by atoms with van der Waals surface area (Å²) < 4.78 is 16.7. The van der Waals surface area contributed by atoms with Crippen LogP contribution in [0.2, 0.25) is 0 Å². The van der Waals surface area contributed by atoms with Gasteiger partial charge in [0.05, 0.1) is 5.92 Å². The van der Waals surface area contributed by atoms with Gasteiger partial charge in [-0.1, -0.05) is 42.5 Å². The third-order valence-corrected chi connectivity index (χ3v) is 4.84. The lowest BCUT2D eigenvalue weighted by atomic mass is 9.81. The second-order valence-electron chi connectivity index (χ2n) is 6.24. The molecule has 0 saturated heterocycles. The second kappa shape index (κ2) is 5.43. The van der Waals surface area contributed by atoms with Crippen molar-refractivity contribution in [3.05, 3.63) is 77.2 Å². The zero-order valence-electron chi connectivity index (χ0n) is 13.7. The van der Waals surface area contributed by atoms with Crippen molar-refractivity contribution in [3.8, 4) is 23.3 Å². The molecule has 0 spiro atoms. The molecule has 0 aromatic heterocycles. The molecule has 126 valence electrons. The maximum absolute atomic E-state index is 9.76. The summed E-state index contributed by atoms with van der Waals surface area (Å²) in [6.45, 7) is 0.172. The maximum Gasteiger partial charge on any atom is 0.231 e. The minimum atomic E-state index is -0.329. The van der Waals surface area contributed by atoms with Crippen LogP contribution in [-0.2, 0) is 0 Å². The number of hydrogen-bond acceptors (Lipinski definition) is 5. The summed E-state index contributed by atoms with van der Waals surface area (Å²) in [5.74, 6) is 1.65. The van der Waals surface area contributed by atoms with Gasteiger partial charge in [-0.25, -0.2) is 0 Å². The topological polar surface area (TPSA) is 77.5 Å². The van der Waals surface area contributed by atoms with Crippen LogP contribution >= 0.6 is 0 Å². The van der Waals surface area contributed by atoms with Gasteiger partial charge in [-0.15, -0.1) is 0 Å². The predicted octanol–water partition coefficient (Wildman–Crippen LogP) is 3.79. The van der Waals surface area contributed by atoms with Crippen molar-refractivity contribution in [1.82, 2.24) is 0 Å². The molecule has 3 aromatic carbocycles. The summed E-state index contributed by atoms with van der Waals surface area (Å²) in [4.78, 5) is 0. The Labute approximate surface area is 149 Å². The summed E-state index contributed by atoms with van der Waals surface area (Å²) in [6, 6.07) is 20.1. The number of fused-ring (bicyclic) bond motifs is 3. The van der Waals surface area contributed by atoms with Gasteiger partial charge >= 0.3 is 0 Å². The number of nitrogens with two attached hydrogens (primary N) is 1. The SMILES string of the molecule is N#CC1=C(N)Oc2cc3c(cc2[C@H]1c1cccc2ccccc12)OCO3. The highest BCUT2D eigenvalue weighted by atomic mass is 16.7. The van der Waals surface area contributed by atoms with Gasteiger partial charge in [-0.3, -0.25) is 0 Å². The van der Waals surface area contributed by atoms with Crippen LogP contribution in [0, 0.1) is 11.3 Å². The van der Waals surface area contributed by atoms with Crippen molar-refractivity contribution in [2.24, 2.45) is 5.73 Å². The van der Waals surface area contributed by atoms with E-state index in [0.29, 0.717) is 22.8 Å². The van der Waals surface area contributed by atoms with Gasteiger partial charge in [-0.05, 0) is 22.4 Å². The standard InChI is InChI=1S/C21H14N2O3/c22-10-16-20(14-7-3-5-12-4-1-2-6-13(12)14)15-8-18-19(25-11-24-18)9-17(15)26-21(16)23/h1-9,20H,11,23H2/t20-/m1/s1. The van der Waals surface area contributed by atoms with E-state index in [-0.39, 0.29) is 18.6 Å². The van der Waals surface area contributed by atoms with Crippen molar-refractivity contribution < 1.29 is 14.2 Å². The lowest BCUT2D eigenvalue weighted by Gasteiger charge is -2.27. The monoisotopic (exact) mass is 342 g/mol. The van der Waals surface area contributed by atoms with Gasteiger partial charge < -0.3 is 19.9 Å². The normalized spacial score (nSPS) is 17.6. The molecule has 5 nitrogen and oxygen atoms in total. The third kappa shape index (κ3) is 2.02. The van der Waals surface area contributed by atoms with Gasteiger partial charge in [-0.2, -0.15) is 5.26 Å². The highest BCUT2D eigenvalue weighted by Crippen LogP contribution is 2.48. The van der Waals surface area contributed by atoms with Crippen molar-refractivity contribution in [1.29, 1.82) is 5.26 Å². The van der Waals surface area contributed by atoms with E-state index >= 15 is 0 Å². The number of rotatable bonds is 1. The van der Waals surface area contributed by atoms with Gasteiger partial charge in [0.2, 0.25) is 12.7 Å². The first-order valence-corrected chi connectivity index (χ1v) is 8.25. The van der Waals surface area contributed by atoms with Gasteiger partial charge in [0, 0.05) is 11.6 Å². The van der Waals surface area contributed by atoms with Crippen LogP contribution in [0.5, 0.6) is 17.2 Å². The zero-order valence-corrected chi connectivity index (χ0v) is 13.7. The van der Waals surface area contributed by atoms with Crippen LogP contribution in [0.25, 0.3) is 10.8 Å². The molecule has 2 heterocycles. The summed E-state index contributed by atoms with van der Waals surface area (Å²) in [5, 5.41) is 11.9. The van der Waals surface area contributed by atoms with E-state index in [1.54, 1.807) is 6.07 Å². The van der Waals surface area contributed by atoms with E-state index in [2.05, 4.69) is 24.3 Å². The van der Waals surface area contributed by atoms with Crippen LogP contribution < -0.4 is 19.9 Å². The molecule has 3 aromatic rings. The summed E-state index contributed by atoms with van der Waals surface area (Å²) >= 11 is 0. The predicted molar refractivity (Wildman–Crippen MR) is 95.8 cm³/mol. The molecule has 1 atom stereocenters. The average molecular weight is 342 g/mol. The molecule has 0 amide bonds. The number of allylic oxidation sites excluding steroid dienone is 1. The lowest BCUT2D eigenvalue weighted by molar-refractivity contribution is 0.174. The van der Waals surface area contributed by atoms with Crippen LogP contribution in [-0.4, -0.2) is 6.79 Å². The Morgan fingerprint density at radius 2 is 1.69 bits per heavy atom. The van der Waals surface area contributed by atoms with E-state index in [0.717, 1.165) is 21.9 Å². The number of nitriles is 1. The first-order valence-electron chi connectivity index (χ1n) is 8.25. The van der Waals surface area contributed by atoms with Gasteiger partial charge in [0.25, 0.3) is 0 Å². The first kappa shape index (κ1) is 14.7. The Hall–Kier alpha value is -3.65. The number of benzene rings is 3. The Morgan fingerprint density at radius 3 is 2.54 bits per heavy atom. The van der Waals surface area contributed by atoms with Crippen molar-refractivity contribution >= 4 is 10.8 Å². The van der Waals surface area contributed by atoms with Crippen molar-refractivity contribution in [2.45, 2.75) is 5.92 Å². The Kier molecular flexibility index (Phi) is 3.06. The number of hydrogen-bond donors (Lipinski definition) is 1. The molecule has 26 heavy (non-hydrogen) atoms. The quantitative estimate of drug-likeness (QED) is 0.728. The second-order valence-corrected chi connectivity index (χ2v) is 6.24. The van der Waals surface area contributed by atoms with Crippen molar-refractivity contribution in [3.63, 3.8) is 0 Å². The van der Waals surface area contributed by atoms with Crippen molar-refractivity contribution in [2.75, 3.05) is 6.79 Å². The molecule has 2 aliphatic rings. The van der Waals surface area contributed by atoms with Crippen LogP contribution in [0.4, 0.5) is 0 Å². The van der Waals surface area contributed by atoms with Gasteiger partial charge in [0.1, 0.15) is 17.4 Å². The summed E-state index contributed by atoms with van der Waals surface area (Å²) in [7, 11) is 0. The smallest absolute Gasteiger partial charge is 0.231 e. The fourth-order valence-corrected chi connectivity index (χ4v) is 3.67. The molecular formula is C21H14N2O3. The fourth-order valence-electron chi connectivity index (χ4n) is 3.67. The Bertz CT molecular complexity index is 1120. The van der Waals surface area contributed by atoms with Crippen LogP contribution in [0.3, 0.4) is 0 Å². The molecule has 0 unspecified atom stereocenters. The highest BCUT2D eigenvalue weighted by molar-refractivity contribution is 5.87. The molecule has 2 aliphatic heterocycles. The van der Waals surface area contributed by atoms with E-state index in [9.17, 15) is 5.26 Å². The maximum atomic E-state index is 9.76. The number of nitrogens with zero attached hydrogens (tertiary/aromatic N) is 1. The fraction of sp³-hybridized carbons (Fsp3) is 0.0952. The lowest BCUT2D eigenvalue weighted by Crippen LogP contribution is -2.21. The van der Waals surface area contributed by atoms with E-state index in [1.807, 2.05) is 30.3 Å². The van der Waals surface area contributed by atoms with Crippen LogP contribution in [0.1, 0.15) is 17.0 Å². The van der Waals surface area contributed by atoms with Crippen LogP contribution in [0.15, 0.2) is 66.1 Å². The Morgan fingerprint density at radius 1 is 0.923 bits per heavy atom. The first-order chi connectivity index (χ1) is 12.8. The molecule has 0 radical (unpaired) electrons. The number of ether oxygens (including phenoxy) is 3. The zero-order chi connectivity index (χ0) is 17.7. The Balaban J connectivity index is 1.81. The molecule has 0 aliphatic carbocycles. The molecule has 0 saturated carbocycles. The van der Waals surface area contributed by atoms with Gasteiger partial charge in [0.15, 0.2) is 11.5 Å². The molecule has 5 heteroatoms. The third-order valence-electron chi connectivity index (χ3n) is 4.84. The molecule has 2 N–H and O–H groups in total. The van der Waals surface area contributed by atoms with E-state index in [4.69, 9.17) is 19.9 Å². The summed E-state index contributed by atoms with van der Waals surface area (Å²) in [6.07, 6.45) is 0. The molecule has 0 bridgehead atoms. The highest BCUT2D eigenvalue weighted by Gasteiger charge is 2.33. The average Bonchev–Trinajstić information content (AvgIpc) is 3.12.